The molecule has 1 saturated carbocycles. The summed E-state index contributed by atoms with van der Waals surface area (Å²) in [6.45, 7) is 7.07. The van der Waals surface area contributed by atoms with Gasteiger partial charge in [0, 0.05) is 29.9 Å². The first-order valence-corrected chi connectivity index (χ1v) is 12.9. The molecule has 1 amide bonds. The van der Waals surface area contributed by atoms with Crippen molar-refractivity contribution >= 4 is 24.2 Å². The highest BCUT2D eigenvalue weighted by atomic mass is 32.5. The molecule has 1 aliphatic carbocycles. The minimum Gasteiger partial charge on any atom is -0.353 e. The van der Waals surface area contributed by atoms with Gasteiger partial charge in [0.25, 0.3) is 0 Å². The number of carbonyl (C=O) groups excluding carboxylic acids is 1. The molecule has 1 aliphatic rings. The molecule has 0 spiro atoms. The Morgan fingerprint density at radius 2 is 2.04 bits per heavy atom. The topological polar surface area (TPSA) is 89.3 Å². The molecule has 0 bridgehead atoms. The summed E-state index contributed by atoms with van der Waals surface area (Å²) in [7, 11) is 0. The zero-order valence-electron chi connectivity index (χ0n) is 17.7. The van der Waals surface area contributed by atoms with Crippen LogP contribution in [0, 0.1) is 0 Å². The molecule has 2 rings (SSSR count). The van der Waals surface area contributed by atoms with Crippen molar-refractivity contribution in [3.05, 3.63) is 11.9 Å². The fourth-order valence-corrected chi connectivity index (χ4v) is 4.38. The van der Waals surface area contributed by atoms with Crippen molar-refractivity contribution in [1.29, 1.82) is 0 Å². The summed E-state index contributed by atoms with van der Waals surface area (Å²) < 4.78 is 7.72. The molecular weight excluding hydrogens is 395 g/mol. The molecule has 7 nitrogen and oxygen atoms in total. The van der Waals surface area contributed by atoms with E-state index in [2.05, 4.69) is 29.5 Å². The minimum absolute atomic E-state index is 0.00761. The first-order chi connectivity index (χ1) is 13.0. The normalized spacial score (nSPS) is 22.8. The maximum absolute atomic E-state index is 12.2. The number of nitrogens with one attached hydrogen (secondary N) is 1. The first kappa shape index (κ1) is 23.5. The zero-order valence-corrected chi connectivity index (χ0v) is 19.4. The van der Waals surface area contributed by atoms with Crippen LogP contribution in [0.4, 0.5) is 0 Å². The van der Waals surface area contributed by atoms with E-state index in [1.807, 2.05) is 31.6 Å². The molecule has 160 valence electrons. The Morgan fingerprint density at radius 1 is 1.39 bits per heavy atom. The molecular formula is C19H35N4O3PS. The Hall–Kier alpha value is -0.820. The number of aromatic nitrogens is 3. The van der Waals surface area contributed by atoms with Gasteiger partial charge in [-0.2, -0.15) is 0 Å². The van der Waals surface area contributed by atoms with Gasteiger partial charge in [-0.25, -0.2) is 4.68 Å². The van der Waals surface area contributed by atoms with Crippen LogP contribution in [0.5, 0.6) is 0 Å². The van der Waals surface area contributed by atoms with E-state index < -0.39 is 11.6 Å². The largest absolute Gasteiger partial charge is 0.353 e. The molecule has 0 aromatic carbocycles. The van der Waals surface area contributed by atoms with Gasteiger partial charge in [0.1, 0.15) is 0 Å². The van der Waals surface area contributed by atoms with Crippen molar-refractivity contribution in [3.8, 4) is 0 Å². The molecule has 1 unspecified atom stereocenters. The van der Waals surface area contributed by atoms with E-state index >= 15 is 0 Å². The van der Waals surface area contributed by atoms with Crippen molar-refractivity contribution < 1.29 is 14.2 Å². The number of hydrogen-bond acceptors (Lipinski definition) is 5. The summed E-state index contributed by atoms with van der Waals surface area (Å²) in [5, 5.41) is 10.9. The van der Waals surface area contributed by atoms with Gasteiger partial charge in [-0.1, -0.05) is 26.0 Å². The number of rotatable bonds is 8. The summed E-state index contributed by atoms with van der Waals surface area (Å²) in [5.74, 6) is 0.0857. The number of hydrogen-bond donors (Lipinski definition) is 2. The summed E-state index contributed by atoms with van der Waals surface area (Å²) >= 11 is 5.33. The van der Waals surface area contributed by atoms with E-state index in [0.29, 0.717) is 12.5 Å². The lowest BCUT2D eigenvalue weighted by Gasteiger charge is -2.36. The number of nitrogens with zero attached hydrogens (tertiary/aromatic N) is 3. The summed E-state index contributed by atoms with van der Waals surface area (Å²) in [6.07, 6.45) is 7.31. The van der Waals surface area contributed by atoms with Gasteiger partial charge in [0.05, 0.1) is 11.8 Å². The van der Waals surface area contributed by atoms with Gasteiger partial charge in [-0.15, -0.1) is 5.10 Å². The van der Waals surface area contributed by atoms with Crippen LogP contribution in [0.25, 0.3) is 0 Å². The van der Waals surface area contributed by atoms with Crippen molar-refractivity contribution in [1.82, 2.24) is 20.3 Å². The third-order valence-electron chi connectivity index (χ3n) is 5.10. The SMILES string of the molecule is CC(C)n1cc(CCCC(=O)NC2CCC(OP(O)(=S)C(C)(C)C)CC2)nn1. The van der Waals surface area contributed by atoms with E-state index in [4.69, 9.17) is 16.3 Å². The van der Waals surface area contributed by atoms with E-state index in [1.165, 1.54) is 0 Å². The molecule has 0 radical (unpaired) electrons. The third-order valence-corrected chi connectivity index (χ3v) is 9.28. The lowest BCUT2D eigenvalue weighted by Crippen LogP contribution is -2.39. The lowest BCUT2D eigenvalue weighted by atomic mass is 9.93. The lowest BCUT2D eigenvalue weighted by molar-refractivity contribution is -0.122. The maximum Gasteiger partial charge on any atom is 0.220 e. The average Bonchev–Trinajstić information content (AvgIpc) is 3.04. The molecule has 1 aromatic heterocycles. The fraction of sp³-hybridized carbons (Fsp3) is 0.842. The Morgan fingerprint density at radius 3 is 2.57 bits per heavy atom. The van der Waals surface area contributed by atoms with Gasteiger partial charge in [-0.3, -0.25) is 4.79 Å². The molecule has 0 aliphatic heterocycles. The van der Waals surface area contributed by atoms with Gasteiger partial charge < -0.3 is 14.7 Å². The third kappa shape index (κ3) is 6.90. The Balaban J connectivity index is 1.67. The zero-order chi connectivity index (χ0) is 20.9. The first-order valence-electron chi connectivity index (χ1n) is 10.2. The standard InChI is InChI=1S/C19H35N4O3PS/c1-14(2)23-13-16(21-22-23)7-6-8-18(24)20-15-9-11-17(12-10-15)26-27(25,28)19(3,4)5/h13-15,17H,6-12H2,1-5H3,(H,20,24)(H,25,28). The van der Waals surface area contributed by atoms with Crippen LogP contribution in [-0.4, -0.2) is 43.1 Å². The van der Waals surface area contributed by atoms with Crippen LogP contribution in [-0.2, 0) is 27.5 Å². The second-order valence-electron chi connectivity index (χ2n) is 8.97. The van der Waals surface area contributed by atoms with Crippen LogP contribution < -0.4 is 5.32 Å². The van der Waals surface area contributed by atoms with Crippen LogP contribution in [0.2, 0.25) is 0 Å². The molecule has 1 aromatic rings. The number of aryl methyl sites for hydroxylation is 1. The highest BCUT2D eigenvalue weighted by molar-refractivity contribution is 8.10. The van der Waals surface area contributed by atoms with Gasteiger partial charge >= 0.3 is 0 Å². The van der Waals surface area contributed by atoms with Crippen LogP contribution >= 0.6 is 6.49 Å². The number of amides is 1. The Bertz CT molecular complexity index is 694. The Labute approximate surface area is 173 Å². The smallest absolute Gasteiger partial charge is 0.220 e. The molecule has 9 heteroatoms. The van der Waals surface area contributed by atoms with E-state index in [9.17, 15) is 9.69 Å². The predicted molar refractivity (Wildman–Crippen MR) is 115 cm³/mol. The molecule has 28 heavy (non-hydrogen) atoms. The minimum atomic E-state index is -2.81. The van der Waals surface area contributed by atoms with Gasteiger partial charge in [0.2, 0.25) is 5.91 Å². The van der Waals surface area contributed by atoms with Crippen LogP contribution in [0.15, 0.2) is 6.20 Å². The predicted octanol–water partition coefficient (Wildman–Crippen LogP) is 3.73. The fourth-order valence-electron chi connectivity index (χ4n) is 3.08. The molecule has 1 heterocycles. The van der Waals surface area contributed by atoms with Crippen LogP contribution in [0.1, 0.15) is 84.9 Å². The highest BCUT2D eigenvalue weighted by Gasteiger charge is 2.35. The van der Waals surface area contributed by atoms with Gasteiger partial charge in [-0.05, 0) is 64.2 Å². The van der Waals surface area contributed by atoms with E-state index in [-0.39, 0.29) is 18.1 Å². The summed E-state index contributed by atoms with van der Waals surface area (Å²) in [5.41, 5.74) is 0.928. The van der Waals surface area contributed by atoms with Gasteiger partial charge in [0.15, 0.2) is 6.49 Å². The molecule has 0 saturated heterocycles. The quantitative estimate of drug-likeness (QED) is 0.611. The maximum atomic E-state index is 12.2. The van der Waals surface area contributed by atoms with Crippen LogP contribution in [0.3, 0.4) is 0 Å². The second-order valence-corrected chi connectivity index (χ2v) is 13.1. The van der Waals surface area contributed by atoms with Crippen molar-refractivity contribution in [3.63, 3.8) is 0 Å². The second kappa shape index (κ2) is 9.79. The molecule has 1 atom stereocenters. The van der Waals surface area contributed by atoms with Crippen molar-refractivity contribution in [2.75, 3.05) is 0 Å². The molecule has 1 fully saturated rings. The monoisotopic (exact) mass is 430 g/mol. The highest BCUT2D eigenvalue weighted by Crippen LogP contribution is 2.57. The van der Waals surface area contributed by atoms with Crippen molar-refractivity contribution in [2.45, 2.75) is 103 Å². The summed E-state index contributed by atoms with van der Waals surface area (Å²) in [6, 6.07) is 0.478. The van der Waals surface area contributed by atoms with E-state index in [0.717, 1.165) is 44.2 Å². The number of carbonyl (C=O) groups is 1. The summed E-state index contributed by atoms with van der Waals surface area (Å²) in [4.78, 5) is 22.7. The molecule has 2 N–H and O–H groups in total. The average molecular weight is 431 g/mol. The van der Waals surface area contributed by atoms with Crippen molar-refractivity contribution in [2.24, 2.45) is 0 Å². The van der Waals surface area contributed by atoms with E-state index in [1.54, 1.807) is 0 Å². The Kier molecular flexibility index (Phi) is 8.20.